The van der Waals surface area contributed by atoms with E-state index in [1.54, 1.807) is 26.0 Å². The molecule has 2 unspecified atom stereocenters. The van der Waals surface area contributed by atoms with Crippen LogP contribution in [0.25, 0.3) is 11.4 Å². The Kier molecular flexibility index (Phi) is 4.62. The molecule has 26 heavy (non-hydrogen) atoms. The molecule has 0 aliphatic carbocycles. The maximum absolute atomic E-state index is 13.3. The van der Waals surface area contributed by atoms with E-state index in [4.69, 9.17) is 4.52 Å². The van der Waals surface area contributed by atoms with Gasteiger partial charge in [0.2, 0.25) is 11.7 Å². The van der Waals surface area contributed by atoms with E-state index >= 15 is 0 Å². The van der Waals surface area contributed by atoms with Crippen LogP contribution in [0.15, 0.2) is 28.8 Å². The Balaban J connectivity index is 1.65. The van der Waals surface area contributed by atoms with Crippen LogP contribution >= 0.6 is 0 Å². The Morgan fingerprint density at radius 3 is 2.88 bits per heavy atom. The first-order chi connectivity index (χ1) is 12.3. The van der Waals surface area contributed by atoms with Crippen LogP contribution in [0.5, 0.6) is 0 Å². The van der Waals surface area contributed by atoms with Crippen molar-refractivity contribution in [1.29, 1.82) is 0 Å². The summed E-state index contributed by atoms with van der Waals surface area (Å²) >= 11 is 0. The minimum atomic E-state index is -0.935. The molecule has 1 fully saturated rings. The molecule has 138 valence electrons. The molecule has 0 spiro atoms. The summed E-state index contributed by atoms with van der Waals surface area (Å²) in [6, 6.07) is 4.82. The van der Waals surface area contributed by atoms with E-state index in [-0.39, 0.29) is 18.3 Å². The molecule has 0 radical (unpaired) electrons. The van der Waals surface area contributed by atoms with Crippen molar-refractivity contribution in [3.05, 3.63) is 36.0 Å². The molecule has 2 aromatic rings. The molecule has 0 bridgehead atoms. The molecule has 2 amide bonds. The number of halogens is 1. The molecule has 1 aromatic heterocycles. The largest absolute Gasteiger partial charge is 0.481 e. The van der Waals surface area contributed by atoms with Crippen molar-refractivity contribution in [2.45, 2.75) is 26.3 Å². The molecule has 3 rings (SSSR count). The normalized spacial score (nSPS) is 20.8. The maximum Gasteiger partial charge on any atom is 0.318 e. The van der Waals surface area contributed by atoms with Crippen molar-refractivity contribution < 1.29 is 23.6 Å². The lowest BCUT2D eigenvalue weighted by atomic mass is 9.90. The van der Waals surface area contributed by atoms with Gasteiger partial charge in [-0.05, 0) is 32.4 Å². The van der Waals surface area contributed by atoms with Gasteiger partial charge in [-0.1, -0.05) is 17.3 Å². The van der Waals surface area contributed by atoms with Gasteiger partial charge in [0.15, 0.2) is 0 Å². The quantitative estimate of drug-likeness (QED) is 0.865. The van der Waals surface area contributed by atoms with E-state index in [1.165, 1.54) is 17.0 Å². The van der Waals surface area contributed by atoms with E-state index < -0.39 is 29.3 Å². The van der Waals surface area contributed by atoms with Gasteiger partial charge in [0.05, 0.1) is 5.41 Å². The molecule has 2 atom stereocenters. The standard InChI is InChI=1S/C17H19FN4O4/c1-10(19-16(25)22-7-6-17(2,9-22)15(23)24)14-20-13(21-26-14)11-4-3-5-12(18)8-11/h3-5,8,10H,6-7,9H2,1-2H3,(H,19,25)(H,23,24). The first-order valence-electron chi connectivity index (χ1n) is 8.17. The Morgan fingerprint density at radius 2 is 2.23 bits per heavy atom. The van der Waals surface area contributed by atoms with Crippen molar-refractivity contribution in [3.63, 3.8) is 0 Å². The van der Waals surface area contributed by atoms with Crippen LogP contribution in [-0.2, 0) is 4.79 Å². The second kappa shape index (κ2) is 6.74. The second-order valence-electron chi connectivity index (χ2n) is 6.68. The Morgan fingerprint density at radius 1 is 1.46 bits per heavy atom. The van der Waals surface area contributed by atoms with Gasteiger partial charge in [-0.15, -0.1) is 0 Å². The topological polar surface area (TPSA) is 109 Å². The Hall–Kier alpha value is -2.97. The maximum atomic E-state index is 13.3. The highest BCUT2D eigenvalue weighted by atomic mass is 19.1. The van der Waals surface area contributed by atoms with Gasteiger partial charge in [-0.3, -0.25) is 4.79 Å². The number of urea groups is 1. The average Bonchev–Trinajstić information content (AvgIpc) is 3.22. The first-order valence-corrected chi connectivity index (χ1v) is 8.17. The number of carboxylic acid groups (broad SMARTS) is 1. The molecule has 1 saturated heterocycles. The SMILES string of the molecule is CC(NC(=O)N1CCC(C)(C(=O)O)C1)c1nc(-c2cccc(F)c2)no1. The van der Waals surface area contributed by atoms with Gasteiger partial charge < -0.3 is 19.8 Å². The van der Waals surface area contributed by atoms with E-state index in [0.717, 1.165) is 0 Å². The number of aliphatic carboxylic acids is 1. The van der Waals surface area contributed by atoms with Gasteiger partial charge in [0.25, 0.3) is 0 Å². The number of hydrogen-bond acceptors (Lipinski definition) is 5. The molecular formula is C17H19FN4O4. The molecule has 1 aliphatic heterocycles. The van der Waals surface area contributed by atoms with E-state index in [9.17, 15) is 19.1 Å². The highest BCUT2D eigenvalue weighted by Gasteiger charge is 2.42. The van der Waals surface area contributed by atoms with Crippen LogP contribution in [0.1, 0.15) is 32.2 Å². The highest BCUT2D eigenvalue weighted by molar-refractivity contribution is 5.79. The van der Waals surface area contributed by atoms with Crippen molar-refractivity contribution in [3.8, 4) is 11.4 Å². The van der Waals surface area contributed by atoms with Gasteiger partial charge in [-0.2, -0.15) is 4.98 Å². The molecule has 0 saturated carbocycles. The summed E-state index contributed by atoms with van der Waals surface area (Å²) in [6.45, 7) is 3.79. The fourth-order valence-corrected chi connectivity index (χ4v) is 2.80. The summed E-state index contributed by atoms with van der Waals surface area (Å²) in [7, 11) is 0. The summed E-state index contributed by atoms with van der Waals surface area (Å²) in [5.41, 5.74) is -0.467. The number of carbonyl (C=O) groups is 2. The molecule has 8 nitrogen and oxygen atoms in total. The smallest absolute Gasteiger partial charge is 0.318 e. The Labute approximate surface area is 149 Å². The van der Waals surface area contributed by atoms with E-state index in [1.807, 2.05) is 0 Å². The average molecular weight is 362 g/mol. The number of nitrogens with zero attached hydrogens (tertiary/aromatic N) is 3. The molecule has 2 heterocycles. The molecule has 9 heteroatoms. The lowest BCUT2D eigenvalue weighted by Gasteiger charge is -2.21. The van der Waals surface area contributed by atoms with Crippen molar-refractivity contribution in [1.82, 2.24) is 20.4 Å². The zero-order valence-electron chi connectivity index (χ0n) is 14.4. The van der Waals surface area contributed by atoms with Crippen molar-refractivity contribution >= 4 is 12.0 Å². The monoisotopic (exact) mass is 362 g/mol. The predicted octanol–water partition coefficient (Wildman–Crippen LogP) is 2.44. The van der Waals surface area contributed by atoms with Crippen LogP contribution < -0.4 is 5.32 Å². The lowest BCUT2D eigenvalue weighted by Crippen LogP contribution is -2.41. The fourth-order valence-electron chi connectivity index (χ4n) is 2.80. The number of aromatic nitrogens is 2. The summed E-state index contributed by atoms with van der Waals surface area (Å²) in [5, 5.41) is 15.8. The Bertz CT molecular complexity index is 840. The van der Waals surface area contributed by atoms with Gasteiger partial charge in [-0.25, -0.2) is 9.18 Å². The fraction of sp³-hybridized carbons (Fsp3) is 0.412. The first kappa shape index (κ1) is 17.8. The van der Waals surface area contributed by atoms with E-state index in [0.29, 0.717) is 18.5 Å². The van der Waals surface area contributed by atoms with Crippen LogP contribution in [0.4, 0.5) is 9.18 Å². The third-order valence-electron chi connectivity index (χ3n) is 4.51. The number of nitrogens with one attached hydrogen (secondary N) is 1. The van der Waals surface area contributed by atoms with Crippen LogP contribution in [0.3, 0.4) is 0 Å². The number of amides is 2. The zero-order valence-corrected chi connectivity index (χ0v) is 14.4. The minimum Gasteiger partial charge on any atom is -0.481 e. The number of carboxylic acids is 1. The predicted molar refractivity (Wildman–Crippen MR) is 88.6 cm³/mol. The van der Waals surface area contributed by atoms with Gasteiger partial charge >= 0.3 is 12.0 Å². The molecular weight excluding hydrogens is 343 g/mol. The molecule has 1 aliphatic rings. The van der Waals surface area contributed by atoms with Gasteiger partial charge in [0.1, 0.15) is 11.9 Å². The lowest BCUT2D eigenvalue weighted by molar-refractivity contribution is -0.147. The summed E-state index contributed by atoms with van der Waals surface area (Å²) in [5.74, 6) is -0.929. The minimum absolute atomic E-state index is 0.138. The van der Waals surface area contributed by atoms with Crippen LogP contribution in [0.2, 0.25) is 0 Å². The summed E-state index contributed by atoms with van der Waals surface area (Å²) in [6.07, 6.45) is 0.397. The van der Waals surface area contributed by atoms with Crippen LogP contribution in [0, 0.1) is 11.2 Å². The number of likely N-dealkylation sites (tertiary alicyclic amines) is 1. The number of hydrogen-bond donors (Lipinski definition) is 2. The van der Waals surface area contributed by atoms with Crippen molar-refractivity contribution in [2.24, 2.45) is 5.41 Å². The number of benzene rings is 1. The van der Waals surface area contributed by atoms with Crippen LogP contribution in [-0.4, -0.2) is 45.2 Å². The summed E-state index contributed by atoms with van der Waals surface area (Å²) in [4.78, 5) is 29.3. The molecule has 2 N–H and O–H groups in total. The highest BCUT2D eigenvalue weighted by Crippen LogP contribution is 2.30. The van der Waals surface area contributed by atoms with Crippen molar-refractivity contribution in [2.75, 3.05) is 13.1 Å². The third kappa shape index (κ3) is 3.51. The third-order valence-corrected chi connectivity index (χ3v) is 4.51. The van der Waals surface area contributed by atoms with Gasteiger partial charge in [0, 0.05) is 18.7 Å². The molecule has 1 aromatic carbocycles. The second-order valence-corrected chi connectivity index (χ2v) is 6.68. The summed E-state index contributed by atoms with van der Waals surface area (Å²) < 4.78 is 18.4. The zero-order chi connectivity index (χ0) is 18.9. The van der Waals surface area contributed by atoms with E-state index in [2.05, 4.69) is 15.5 Å². The number of rotatable bonds is 4. The number of carbonyl (C=O) groups excluding carboxylic acids is 1.